The Morgan fingerprint density at radius 1 is 1.60 bits per heavy atom. The van der Waals surface area contributed by atoms with Gasteiger partial charge in [-0.2, -0.15) is 5.26 Å². The molecule has 0 aliphatic rings. The van der Waals surface area contributed by atoms with Crippen LogP contribution in [0.1, 0.15) is 12.5 Å². The molecule has 0 saturated heterocycles. The Hall–Kier alpha value is -1.27. The fraction of sp³-hybridized carbons (Fsp3) is 0.364. The highest BCUT2D eigenvalue weighted by molar-refractivity contribution is 6.18. The van der Waals surface area contributed by atoms with Gasteiger partial charge in [0.05, 0.1) is 6.61 Å². The van der Waals surface area contributed by atoms with Gasteiger partial charge < -0.3 is 4.74 Å². The monoisotopic (exact) mass is 227 g/mol. The van der Waals surface area contributed by atoms with Gasteiger partial charge in [-0.3, -0.25) is 0 Å². The summed E-state index contributed by atoms with van der Waals surface area (Å²) in [5.74, 6) is 0.349. The average Bonchev–Trinajstić information content (AvgIpc) is 2.25. The van der Waals surface area contributed by atoms with Crippen molar-refractivity contribution >= 4 is 11.6 Å². The lowest BCUT2D eigenvalue weighted by Crippen LogP contribution is -2.10. The highest BCUT2D eigenvalue weighted by Crippen LogP contribution is 2.20. The maximum atomic E-state index is 13.1. The van der Waals surface area contributed by atoms with E-state index in [2.05, 4.69) is 0 Å². The highest BCUT2D eigenvalue weighted by Gasteiger charge is 2.09. The first-order valence-electron chi connectivity index (χ1n) is 4.56. The molecule has 0 heterocycles. The number of halogens is 2. The van der Waals surface area contributed by atoms with Crippen molar-refractivity contribution in [2.24, 2.45) is 5.92 Å². The van der Waals surface area contributed by atoms with Gasteiger partial charge in [-0.25, -0.2) is 4.39 Å². The Balaban J connectivity index is 2.77. The second-order valence-electron chi connectivity index (χ2n) is 3.30. The molecule has 0 N–H and O–H groups in total. The number of nitrogens with zero attached hydrogens (tertiary/aromatic N) is 1. The number of hydrogen-bond acceptors (Lipinski definition) is 2. The SMILES string of the molecule is CC(CCl)COc1cccc(F)c1C#N. The highest BCUT2D eigenvalue weighted by atomic mass is 35.5. The number of benzene rings is 1. The molecule has 0 saturated carbocycles. The fourth-order valence-electron chi connectivity index (χ4n) is 1.01. The van der Waals surface area contributed by atoms with Crippen LogP contribution in [0, 0.1) is 23.1 Å². The van der Waals surface area contributed by atoms with Gasteiger partial charge in [0, 0.05) is 11.8 Å². The van der Waals surface area contributed by atoms with E-state index in [1.54, 1.807) is 12.1 Å². The lowest BCUT2D eigenvalue weighted by molar-refractivity contribution is 0.271. The number of hydrogen-bond donors (Lipinski definition) is 0. The molecule has 0 fully saturated rings. The van der Waals surface area contributed by atoms with Gasteiger partial charge in [-0.05, 0) is 12.1 Å². The zero-order valence-electron chi connectivity index (χ0n) is 8.34. The molecule has 0 spiro atoms. The molecule has 0 amide bonds. The molecule has 1 rings (SSSR count). The van der Waals surface area contributed by atoms with Crippen molar-refractivity contribution in [1.29, 1.82) is 5.26 Å². The van der Waals surface area contributed by atoms with Crippen LogP contribution in [0.5, 0.6) is 5.75 Å². The van der Waals surface area contributed by atoms with E-state index in [0.29, 0.717) is 12.5 Å². The van der Waals surface area contributed by atoms with Crippen LogP contribution in [0.4, 0.5) is 4.39 Å². The summed E-state index contributed by atoms with van der Waals surface area (Å²) in [5.41, 5.74) is -0.0562. The van der Waals surface area contributed by atoms with Crippen molar-refractivity contribution in [3.8, 4) is 11.8 Å². The number of alkyl halides is 1. The predicted octanol–water partition coefficient (Wildman–Crippen LogP) is 2.95. The van der Waals surface area contributed by atoms with Crippen LogP contribution in [0.2, 0.25) is 0 Å². The minimum Gasteiger partial charge on any atom is -0.492 e. The Morgan fingerprint density at radius 3 is 2.93 bits per heavy atom. The van der Waals surface area contributed by atoms with Crippen LogP contribution in [0.25, 0.3) is 0 Å². The van der Waals surface area contributed by atoms with E-state index in [1.165, 1.54) is 12.1 Å². The van der Waals surface area contributed by atoms with E-state index >= 15 is 0 Å². The van der Waals surface area contributed by atoms with Crippen LogP contribution >= 0.6 is 11.6 Å². The van der Waals surface area contributed by atoms with E-state index < -0.39 is 5.82 Å². The van der Waals surface area contributed by atoms with Gasteiger partial charge in [0.2, 0.25) is 0 Å². The van der Waals surface area contributed by atoms with Gasteiger partial charge in [-0.1, -0.05) is 13.0 Å². The molecule has 15 heavy (non-hydrogen) atoms. The first-order chi connectivity index (χ1) is 7.19. The van der Waals surface area contributed by atoms with Crippen molar-refractivity contribution < 1.29 is 9.13 Å². The second-order valence-corrected chi connectivity index (χ2v) is 3.60. The molecule has 1 unspecified atom stereocenters. The number of rotatable bonds is 4. The smallest absolute Gasteiger partial charge is 0.144 e. The predicted molar refractivity (Wildman–Crippen MR) is 56.5 cm³/mol. The fourth-order valence-corrected chi connectivity index (χ4v) is 1.10. The summed E-state index contributed by atoms with van der Waals surface area (Å²) in [4.78, 5) is 0. The quantitative estimate of drug-likeness (QED) is 0.741. The van der Waals surface area contributed by atoms with Crippen LogP contribution in [0.3, 0.4) is 0 Å². The lowest BCUT2D eigenvalue weighted by Gasteiger charge is -2.11. The molecule has 0 aliphatic carbocycles. The van der Waals surface area contributed by atoms with Gasteiger partial charge in [0.25, 0.3) is 0 Å². The summed E-state index contributed by atoms with van der Waals surface area (Å²) in [6, 6.07) is 6.09. The van der Waals surface area contributed by atoms with Crippen molar-refractivity contribution in [3.05, 3.63) is 29.6 Å². The molecular weight excluding hydrogens is 217 g/mol. The second kappa shape index (κ2) is 5.57. The van der Waals surface area contributed by atoms with Crippen molar-refractivity contribution in [2.75, 3.05) is 12.5 Å². The lowest BCUT2D eigenvalue weighted by atomic mass is 10.2. The Morgan fingerprint density at radius 2 is 2.33 bits per heavy atom. The first kappa shape index (κ1) is 11.8. The molecule has 2 nitrogen and oxygen atoms in total. The third-order valence-electron chi connectivity index (χ3n) is 1.87. The van der Waals surface area contributed by atoms with Crippen molar-refractivity contribution in [1.82, 2.24) is 0 Å². The van der Waals surface area contributed by atoms with E-state index in [1.807, 2.05) is 6.92 Å². The molecule has 1 atom stereocenters. The molecule has 0 bridgehead atoms. The van der Waals surface area contributed by atoms with Crippen molar-refractivity contribution in [2.45, 2.75) is 6.92 Å². The van der Waals surface area contributed by atoms with E-state index in [9.17, 15) is 4.39 Å². The maximum absolute atomic E-state index is 13.1. The molecule has 1 aromatic rings. The van der Waals surface area contributed by atoms with Gasteiger partial charge in [0.15, 0.2) is 0 Å². The molecule has 0 aromatic heterocycles. The third kappa shape index (κ3) is 3.10. The number of nitriles is 1. The zero-order chi connectivity index (χ0) is 11.3. The summed E-state index contributed by atoms with van der Waals surface area (Å²) >= 11 is 5.60. The summed E-state index contributed by atoms with van der Waals surface area (Å²) in [6.07, 6.45) is 0. The summed E-state index contributed by atoms with van der Waals surface area (Å²) in [7, 11) is 0. The molecular formula is C11H11ClFNO. The summed E-state index contributed by atoms with van der Waals surface area (Å²) < 4.78 is 18.4. The number of ether oxygens (including phenoxy) is 1. The normalized spacial score (nSPS) is 11.9. The molecule has 1 aromatic carbocycles. The van der Waals surface area contributed by atoms with E-state index in [4.69, 9.17) is 21.6 Å². The van der Waals surface area contributed by atoms with Gasteiger partial charge >= 0.3 is 0 Å². The standard InChI is InChI=1S/C11H11ClFNO/c1-8(5-12)7-15-11-4-2-3-10(13)9(11)6-14/h2-4,8H,5,7H2,1H3. The maximum Gasteiger partial charge on any atom is 0.144 e. The molecule has 0 radical (unpaired) electrons. The topological polar surface area (TPSA) is 33.0 Å². The Kier molecular flexibility index (Phi) is 4.38. The van der Waals surface area contributed by atoms with Gasteiger partial charge in [0.1, 0.15) is 23.2 Å². The zero-order valence-corrected chi connectivity index (χ0v) is 9.09. The average molecular weight is 228 g/mol. The summed E-state index contributed by atoms with van der Waals surface area (Å²) in [5, 5.41) is 8.73. The summed E-state index contributed by atoms with van der Waals surface area (Å²) in [6.45, 7) is 2.29. The molecule has 4 heteroatoms. The first-order valence-corrected chi connectivity index (χ1v) is 5.10. The van der Waals surface area contributed by atoms with Crippen LogP contribution in [0.15, 0.2) is 18.2 Å². The molecule has 80 valence electrons. The Labute approximate surface area is 93.2 Å². The van der Waals surface area contributed by atoms with Crippen LogP contribution in [-0.4, -0.2) is 12.5 Å². The van der Waals surface area contributed by atoms with Crippen LogP contribution in [-0.2, 0) is 0 Å². The third-order valence-corrected chi connectivity index (χ3v) is 2.40. The van der Waals surface area contributed by atoms with E-state index in [-0.39, 0.29) is 17.2 Å². The Bertz CT molecular complexity index is 375. The minimum atomic E-state index is -0.562. The van der Waals surface area contributed by atoms with E-state index in [0.717, 1.165) is 0 Å². The minimum absolute atomic E-state index is 0.0562. The molecule has 0 aliphatic heterocycles. The van der Waals surface area contributed by atoms with Crippen LogP contribution < -0.4 is 4.74 Å². The largest absolute Gasteiger partial charge is 0.492 e. The van der Waals surface area contributed by atoms with Gasteiger partial charge in [-0.15, -0.1) is 11.6 Å². The van der Waals surface area contributed by atoms with Crippen molar-refractivity contribution in [3.63, 3.8) is 0 Å².